The third-order valence-corrected chi connectivity index (χ3v) is 3.24. The van der Waals surface area contributed by atoms with Crippen LogP contribution in [0.4, 0.5) is 6.01 Å². The lowest BCUT2D eigenvalue weighted by molar-refractivity contribution is -0.119. The van der Waals surface area contributed by atoms with Crippen molar-refractivity contribution in [1.82, 2.24) is 10.3 Å². The van der Waals surface area contributed by atoms with E-state index in [0.29, 0.717) is 18.5 Å². The molecular formula is C12H17N3O4. The lowest BCUT2D eigenvalue weighted by Gasteiger charge is -2.30. The number of piperidine rings is 1. The number of oxazole rings is 1. The van der Waals surface area contributed by atoms with E-state index in [0.717, 1.165) is 32.2 Å². The maximum atomic E-state index is 10.8. The number of amides is 1. The smallest absolute Gasteiger partial charge is 0.357 e. The summed E-state index contributed by atoms with van der Waals surface area (Å²) in [6.45, 7) is 3.71. The number of anilines is 1. The summed E-state index contributed by atoms with van der Waals surface area (Å²) in [6, 6.07) is 0.357. The third kappa shape index (κ3) is 3.46. The molecule has 1 aromatic heterocycles. The van der Waals surface area contributed by atoms with E-state index in [1.165, 1.54) is 6.92 Å². The van der Waals surface area contributed by atoms with Crippen LogP contribution in [0, 0.1) is 5.92 Å². The lowest BCUT2D eigenvalue weighted by Crippen LogP contribution is -2.38. The Balaban J connectivity index is 1.85. The zero-order valence-electron chi connectivity index (χ0n) is 10.8. The van der Waals surface area contributed by atoms with Gasteiger partial charge in [-0.25, -0.2) is 4.79 Å². The minimum absolute atomic E-state index is 0.0127. The Labute approximate surface area is 110 Å². The van der Waals surface area contributed by atoms with E-state index in [4.69, 9.17) is 9.52 Å². The summed E-state index contributed by atoms with van der Waals surface area (Å²) in [4.78, 5) is 27.4. The molecule has 1 amide bonds. The number of nitrogens with one attached hydrogen (secondary N) is 1. The van der Waals surface area contributed by atoms with E-state index in [2.05, 4.69) is 10.3 Å². The Morgan fingerprint density at radius 1 is 1.53 bits per heavy atom. The first kappa shape index (κ1) is 13.4. The molecule has 104 valence electrons. The van der Waals surface area contributed by atoms with E-state index in [1.54, 1.807) is 0 Å². The number of carboxylic acids is 1. The molecule has 0 unspecified atom stereocenters. The van der Waals surface area contributed by atoms with Gasteiger partial charge in [-0.3, -0.25) is 4.79 Å². The van der Waals surface area contributed by atoms with Crippen LogP contribution in [0.25, 0.3) is 0 Å². The SMILES string of the molecule is CC(=O)NCC1CCN(c2nc(C(=O)O)co2)CC1. The molecule has 2 heterocycles. The molecule has 2 N–H and O–H groups in total. The van der Waals surface area contributed by atoms with Gasteiger partial charge in [-0.15, -0.1) is 0 Å². The average molecular weight is 267 g/mol. The van der Waals surface area contributed by atoms with Crippen LogP contribution in [0.3, 0.4) is 0 Å². The second-order valence-corrected chi connectivity index (χ2v) is 4.69. The van der Waals surface area contributed by atoms with Crippen LogP contribution < -0.4 is 10.2 Å². The molecule has 0 radical (unpaired) electrons. The van der Waals surface area contributed by atoms with Crippen LogP contribution in [-0.4, -0.2) is 41.6 Å². The Bertz CT molecular complexity index is 463. The van der Waals surface area contributed by atoms with Crippen molar-refractivity contribution in [1.29, 1.82) is 0 Å². The molecule has 1 saturated heterocycles. The van der Waals surface area contributed by atoms with Gasteiger partial charge in [0.15, 0.2) is 5.69 Å². The summed E-state index contributed by atoms with van der Waals surface area (Å²) in [6.07, 6.45) is 3.00. The molecular weight excluding hydrogens is 250 g/mol. The number of hydrogen-bond acceptors (Lipinski definition) is 5. The number of carboxylic acid groups (broad SMARTS) is 1. The first-order chi connectivity index (χ1) is 9.06. The van der Waals surface area contributed by atoms with E-state index in [1.807, 2.05) is 4.90 Å². The fourth-order valence-corrected chi connectivity index (χ4v) is 2.12. The highest BCUT2D eigenvalue weighted by molar-refractivity contribution is 5.85. The van der Waals surface area contributed by atoms with Crippen molar-refractivity contribution in [2.24, 2.45) is 5.92 Å². The second-order valence-electron chi connectivity index (χ2n) is 4.69. The van der Waals surface area contributed by atoms with Gasteiger partial charge in [0, 0.05) is 26.6 Å². The molecule has 2 rings (SSSR count). The van der Waals surface area contributed by atoms with Gasteiger partial charge in [-0.05, 0) is 18.8 Å². The highest BCUT2D eigenvalue weighted by Crippen LogP contribution is 2.22. The third-order valence-electron chi connectivity index (χ3n) is 3.24. The second kappa shape index (κ2) is 5.73. The summed E-state index contributed by atoms with van der Waals surface area (Å²) in [5, 5.41) is 11.6. The van der Waals surface area contributed by atoms with Gasteiger partial charge in [0.05, 0.1) is 0 Å². The Morgan fingerprint density at radius 3 is 2.74 bits per heavy atom. The Kier molecular flexibility index (Phi) is 4.03. The standard InChI is InChI=1S/C12H17N3O4/c1-8(16)13-6-9-2-4-15(5-3-9)12-14-10(7-19-12)11(17)18/h7,9H,2-6H2,1H3,(H,13,16)(H,17,18). The maximum absolute atomic E-state index is 10.8. The fraction of sp³-hybridized carbons (Fsp3) is 0.583. The zero-order valence-corrected chi connectivity index (χ0v) is 10.8. The first-order valence-electron chi connectivity index (χ1n) is 6.24. The molecule has 19 heavy (non-hydrogen) atoms. The normalized spacial score (nSPS) is 16.4. The van der Waals surface area contributed by atoms with Crippen LogP contribution in [0.1, 0.15) is 30.3 Å². The van der Waals surface area contributed by atoms with Crippen LogP contribution >= 0.6 is 0 Å². The topological polar surface area (TPSA) is 95.7 Å². The predicted molar refractivity (Wildman–Crippen MR) is 67.1 cm³/mol. The predicted octanol–water partition coefficient (Wildman–Crippen LogP) is 0.725. The molecule has 7 nitrogen and oxygen atoms in total. The number of rotatable bonds is 4. The molecule has 0 spiro atoms. The molecule has 0 saturated carbocycles. The van der Waals surface area contributed by atoms with Crippen molar-refractivity contribution < 1.29 is 19.1 Å². The van der Waals surface area contributed by atoms with Crippen molar-refractivity contribution in [2.45, 2.75) is 19.8 Å². The quantitative estimate of drug-likeness (QED) is 0.834. The van der Waals surface area contributed by atoms with Crippen molar-refractivity contribution in [3.8, 4) is 0 Å². The Hall–Kier alpha value is -2.05. The fourth-order valence-electron chi connectivity index (χ4n) is 2.12. The molecule has 7 heteroatoms. The van der Waals surface area contributed by atoms with Gasteiger partial charge in [0.2, 0.25) is 5.91 Å². The number of carbonyl (C=O) groups is 2. The maximum Gasteiger partial charge on any atom is 0.357 e. The van der Waals surface area contributed by atoms with Crippen LogP contribution in [0.15, 0.2) is 10.7 Å². The van der Waals surface area contributed by atoms with E-state index < -0.39 is 5.97 Å². The van der Waals surface area contributed by atoms with Crippen LogP contribution in [0.5, 0.6) is 0 Å². The molecule has 1 fully saturated rings. The summed E-state index contributed by atoms with van der Waals surface area (Å²) < 4.78 is 5.16. The number of carbonyl (C=O) groups excluding carboxylic acids is 1. The molecule has 0 aliphatic carbocycles. The van der Waals surface area contributed by atoms with Crippen molar-refractivity contribution >= 4 is 17.9 Å². The van der Waals surface area contributed by atoms with E-state index in [-0.39, 0.29) is 11.6 Å². The molecule has 0 bridgehead atoms. The monoisotopic (exact) mass is 267 g/mol. The summed E-state index contributed by atoms with van der Waals surface area (Å²) in [7, 11) is 0. The highest BCUT2D eigenvalue weighted by atomic mass is 16.4. The van der Waals surface area contributed by atoms with E-state index in [9.17, 15) is 9.59 Å². The van der Waals surface area contributed by atoms with Crippen molar-refractivity contribution in [3.05, 3.63) is 12.0 Å². The number of aromatic nitrogens is 1. The minimum atomic E-state index is -1.09. The molecule has 1 aliphatic heterocycles. The molecule has 1 aromatic rings. The van der Waals surface area contributed by atoms with Gasteiger partial charge in [0.1, 0.15) is 6.26 Å². The Morgan fingerprint density at radius 2 is 2.21 bits per heavy atom. The molecule has 1 aliphatic rings. The highest BCUT2D eigenvalue weighted by Gasteiger charge is 2.23. The van der Waals surface area contributed by atoms with Crippen LogP contribution in [-0.2, 0) is 4.79 Å². The van der Waals surface area contributed by atoms with Crippen molar-refractivity contribution in [2.75, 3.05) is 24.5 Å². The number of hydrogen-bond donors (Lipinski definition) is 2. The summed E-state index contributed by atoms with van der Waals surface area (Å²) >= 11 is 0. The minimum Gasteiger partial charge on any atom is -0.476 e. The number of aromatic carboxylic acids is 1. The van der Waals surface area contributed by atoms with Crippen molar-refractivity contribution in [3.63, 3.8) is 0 Å². The lowest BCUT2D eigenvalue weighted by atomic mass is 9.97. The van der Waals surface area contributed by atoms with Gasteiger partial charge in [-0.2, -0.15) is 4.98 Å². The average Bonchev–Trinajstić information content (AvgIpc) is 2.86. The van der Waals surface area contributed by atoms with Gasteiger partial charge >= 0.3 is 5.97 Å². The van der Waals surface area contributed by atoms with Gasteiger partial charge in [0.25, 0.3) is 6.01 Å². The zero-order chi connectivity index (χ0) is 13.8. The summed E-state index contributed by atoms with van der Waals surface area (Å²) in [5.74, 6) is -0.647. The van der Waals surface area contributed by atoms with Gasteiger partial charge < -0.3 is 19.7 Å². The largest absolute Gasteiger partial charge is 0.476 e. The van der Waals surface area contributed by atoms with E-state index >= 15 is 0 Å². The first-order valence-corrected chi connectivity index (χ1v) is 6.24. The van der Waals surface area contributed by atoms with Gasteiger partial charge in [-0.1, -0.05) is 0 Å². The summed E-state index contributed by atoms with van der Waals surface area (Å²) in [5.41, 5.74) is -0.0737. The molecule has 0 aromatic carbocycles. The van der Waals surface area contributed by atoms with Crippen LogP contribution in [0.2, 0.25) is 0 Å². The number of nitrogens with zero attached hydrogens (tertiary/aromatic N) is 2. The molecule has 0 atom stereocenters.